The van der Waals surface area contributed by atoms with E-state index >= 15 is 0 Å². The Labute approximate surface area is 308 Å². The van der Waals surface area contributed by atoms with Gasteiger partial charge in [-0.2, -0.15) is 0 Å². The van der Waals surface area contributed by atoms with Gasteiger partial charge in [0, 0.05) is 7.92 Å². The molecule has 7 rings (SSSR count). The SMILES string of the molecule is CC(C)(C)[CH]=[W]=[O].C[PH+](C)c1ccccc1.c1ccc(-c2ccc(-c3ccccc3)[n-]2)cc1.c1ccc(-c2ccc(-c3ccccc3)[n-]2)cc1. The van der Waals surface area contributed by atoms with Crippen molar-refractivity contribution in [2.75, 3.05) is 13.3 Å². The molecule has 5 aromatic carbocycles. The van der Waals surface area contributed by atoms with Crippen LogP contribution in [0.3, 0.4) is 0 Å². The van der Waals surface area contributed by atoms with Crippen molar-refractivity contribution in [3.05, 3.63) is 176 Å². The van der Waals surface area contributed by atoms with Gasteiger partial charge in [-0.15, -0.1) is 22.8 Å². The smallest absolute Gasteiger partial charge is 0.0908 e. The number of aromatic nitrogens is 2. The average Bonchev–Trinajstić information content (AvgIpc) is 3.86. The fraction of sp³-hybridized carbons (Fsp3) is 0.133. The first kappa shape index (κ1) is 38.3. The molecule has 0 aliphatic rings. The van der Waals surface area contributed by atoms with Crippen LogP contribution in [-0.2, 0) is 21.5 Å². The Balaban J connectivity index is 0.000000160. The second-order valence-corrected chi connectivity index (χ2v) is 17.0. The van der Waals surface area contributed by atoms with Gasteiger partial charge < -0.3 is 9.97 Å². The molecule has 254 valence electrons. The minimum absolute atomic E-state index is 0.187. The number of benzene rings is 5. The van der Waals surface area contributed by atoms with Gasteiger partial charge in [-0.1, -0.05) is 164 Å². The van der Waals surface area contributed by atoms with Crippen LogP contribution in [0.4, 0.5) is 0 Å². The summed E-state index contributed by atoms with van der Waals surface area (Å²) in [5, 5.41) is 1.52. The number of hydrogen-bond acceptors (Lipinski definition) is 1. The molecule has 3 nitrogen and oxygen atoms in total. The Morgan fingerprint density at radius 3 is 0.880 bits per heavy atom. The fourth-order valence-corrected chi connectivity index (χ4v) is 6.62. The third-order valence-corrected chi connectivity index (χ3v) is 11.7. The quantitative estimate of drug-likeness (QED) is 0.162. The molecule has 5 heteroatoms. The number of hydrogen-bond donors (Lipinski definition) is 0. The van der Waals surface area contributed by atoms with Crippen molar-refractivity contribution in [1.29, 1.82) is 0 Å². The molecule has 0 amide bonds. The number of nitrogens with zero attached hydrogens (tertiary/aromatic N) is 2. The first-order valence-electron chi connectivity index (χ1n) is 16.7. The van der Waals surface area contributed by atoms with Crippen LogP contribution < -0.4 is 15.3 Å². The predicted octanol–water partition coefficient (Wildman–Crippen LogP) is 11.0. The van der Waals surface area contributed by atoms with E-state index in [1.54, 1.807) is 0 Å². The molecule has 0 unspecified atom stereocenters. The molecule has 7 aromatic rings. The predicted molar refractivity (Wildman–Crippen MR) is 214 cm³/mol. The fourth-order valence-electron chi connectivity index (χ4n) is 4.72. The number of rotatable bonds is 5. The molecule has 0 saturated heterocycles. The van der Waals surface area contributed by atoms with Crippen LogP contribution in [0.2, 0.25) is 0 Å². The van der Waals surface area contributed by atoms with Crippen LogP contribution in [0.5, 0.6) is 0 Å². The zero-order valence-electron chi connectivity index (χ0n) is 29.5. The van der Waals surface area contributed by atoms with E-state index < -0.39 is 18.1 Å². The third kappa shape index (κ3) is 13.1. The van der Waals surface area contributed by atoms with Crippen molar-refractivity contribution in [2.45, 2.75) is 20.8 Å². The molecular formula is C45H46N2OPW-. The van der Waals surface area contributed by atoms with Gasteiger partial charge >= 0.3 is 52.0 Å². The molecule has 0 atom stereocenters. The summed E-state index contributed by atoms with van der Waals surface area (Å²) in [5.74, 6) is 0. The van der Waals surface area contributed by atoms with E-state index in [2.05, 4.69) is 147 Å². The van der Waals surface area contributed by atoms with E-state index in [1.807, 2.05) is 77.2 Å². The van der Waals surface area contributed by atoms with Gasteiger partial charge in [0.2, 0.25) is 0 Å². The van der Waals surface area contributed by atoms with Crippen LogP contribution in [0, 0.1) is 5.41 Å². The molecule has 0 aliphatic heterocycles. The molecule has 2 heterocycles. The molecule has 0 saturated carbocycles. The summed E-state index contributed by atoms with van der Waals surface area (Å²) in [4.78, 5) is 9.30. The normalized spacial score (nSPS) is 10.4. The minimum Gasteiger partial charge on any atom is -0.657 e. The Kier molecular flexibility index (Phi) is 15.5. The average molecular weight is 846 g/mol. The van der Waals surface area contributed by atoms with Gasteiger partial charge in [-0.25, -0.2) is 0 Å². The summed E-state index contributed by atoms with van der Waals surface area (Å²) in [6.07, 6.45) is 0. The minimum atomic E-state index is -1.27. The van der Waals surface area contributed by atoms with E-state index in [1.165, 1.54) is 5.30 Å². The van der Waals surface area contributed by atoms with Crippen molar-refractivity contribution >= 4 is 17.6 Å². The summed E-state index contributed by atoms with van der Waals surface area (Å²) in [6, 6.07) is 59.9. The molecule has 0 radical (unpaired) electrons. The van der Waals surface area contributed by atoms with Crippen LogP contribution in [0.25, 0.3) is 45.0 Å². The zero-order valence-corrected chi connectivity index (χ0v) is 33.5. The summed E-state index contributed by atoms with van der Waals surface area (Å²) in [5.41, 5.74) is 8.96. The second-order valence-electron chi connectivity index (χ2n) is 12.8. The monoisotopic (exact) mass is 845 g/mol. The maximum absolute atomic E-state index is 10.1. The largest absolute Gasteiger partial charge is 0.657 e. The van der Waals surface area contributed by atoms with Crippen molar-refractivity contribution in [3.8, 4) is 45.0 Å². The standard InChI is InChI=1S/2C16H12N.C8H11P.C5H10.O.W/c2*1-3-7-13(8-4-1)15-11-12-16(17-15)14-9-5-2-6-10-14;1-9(2)8-6-4-3-5-7-8;1-5(2,3)4;;/h2*1-12H;3-7H,1-2H3;1H,2-4H3;;/q2*-1;;;;/p+1. The molecule has 0 aliphatic carbocycles. The van der Waals surface area contributed by atoms with Gasteiger partial charge in [0.1, 0.15) is 0 Å². The van der Waals surface area contributed by atoms with Gasteiger partial charge in [0.05, 0.1) is 18.6 Å². The molecule has 0 N–H and O–H groups in total. The van der Waals surface area contributed by atoms with Gasteiger partial charge in [0.25, 0.3) is 0 Å². The molecule has 0 bridgehead atoms. The Bertz CT molecular complexity index is 1770. The van der Waals surface area contributed by atoms with Crippen LogP contribution in [0.1, 0.15) is 20.8 Å². The topological polar surface area (TPSA) is 45.3 Å². The molecule has 50 heavy (non-hydrogen) atoms. The maximum atomic E-state index is 10.1. The van der Waals surface area contributed by atoms with Crippen molar-refractivity contribution < 1.29 is 21.5 Å². The summed E-state index contributed by atoms with van der Waals surface area (Å²) in [7, 11) is -0.212. The van der Waals surface area contributed by atoms with Gasteiger partial charge in [-0.05, 0) is 34.4 Å². The molecule has 0 spiro atoms. The zero-order chi connectivity index (χ0) is 35.6. The van der Waals surface area contributed by atoms with Crippen molar-refractivity contribution in [3.63, 3.8) is 0 Å². The van der Waals surface area contributed by atoms with Crippen LogP contribution in [-0.4, -0.2) is 17.7 Å². The van der Waals surface area contributed by atoms with E-state index in [9.17, 15) is 3.40 Å². The second kappa shape index (κ2) is 20.2. The Hall–Kier alpha value is -4.55. The maximum Gasteiger partial charge on any atom is 0.0908 e. The Morgan fingerprint density at radius 1 is 0.440 bits per heavy atom. The van der Waals surface area contributed by atoms with Crippen LogP contribution >= 0.6 is 7.92 Å². The van der Waals surface area contributed by atoms with E-state index in [4.69, 9.17) is 0 Å². The summed E-state index contributed by atoms with van der Waals surface area (Å²) >= 11 is -1.27. The summed E-state index contributed by atoms with van der Waals surface area (Å²) in [6.45, 7) is 10.8. The van der Waals surface area contributed by atoms with E-state index in [-0.39, 0.29) is 13.3 Å². The third-order valence-electron chi connectivity index (χ3n) is 7.31. The first-order valence-corrected chi connectivity index (χ1v) is 22.1. The van der Waals surface area contributed by atoms with Crippen molar-refractivity contribution in [2.24, 2.45) is 5.41 Å². The molecular weight excluding hydrogens is 799 g/mol. The molecule has 0 fully saturated rings. The first-order chi connectivity index (χ1) is 24.2. The van der Waals surface area contributed by atoms with Gasteiger partial charge in [0.15, 0.2) is 0 Å². The van der Waals surface area contributed by atoms with E-state index in [0.717, 1.165) is 45.0 Å². The van der Waals surface area contributed by atoms with Crippen molar-refractivity contribution in [1.82, 2.24) is 9.97 Å². The van der Waals surface area contributed by atoms with Gasteiger partial charge in [-0.3, -0.25) is 0 Å². The molecule has 2 aromatic heterocycles. The van der Waals surface area contributed by atoms with Crippen LogP contribution in [0.15, 0.2) is 176 Å². The Morgan fingerprint density at radius 2 is 0.700 bits per heavy atom. The summed E-state index contributed by atoms with van der Waals surface area (Å²) < 4.78 is 12.0. The van der Waals surface area contributed by atoms with E-state index in [0.29, 0.717) is 0 Å².